The lowest BCUT2D eigenvalue weighted by atomic mass is 9.71. The van der Waals surface area contributed by atoms with Crippen LogP contribution in [0.4, 0.5) is 0 Å². The lowest BCUT2D eigenvalue weighted by Crippen LogP contribution is -2.41. The topological polar surface area (TPSA) is 38.0 Å². The first-order valence-corrected chi connectivity index (χ1v) is 5.28. The summed E-state index contributed by atoms with van der Waals surface area (Å²) in [5, 5.41) is 9.97. The first-order valence-electron chi connectivity index (χ1n) is 5.28. The van der Waals surface area contributed by atoms with Crippen LogP contribution < -0.4 is 0 Å². The maximum atomic E-state index is 9.97. The monoisotopic (exact) mass is 194 g/mol. The van der Waals surface area contributed by atoms with Gasteiger partial charge in [0.1, 0.15) is 0 Å². The molecule has 3 heteroatoms. The van der Waals surface area contributed by atoms with Crippen LogP contribution in [0.5, 0.6) is 0 Å². The Balaban J connectivity index is 2.26. The molecule has 1 N–H and O–H groups in total. The van der Waals surface area contributed by atoms with Gasteiger partial charge < -0.3 is 9.67 Å². The molecule has 1 aliphatic carbocycles. The Hall–Kier alpha value is -0.830. The Morgan fingerprint density at radius 2 is 2.21 bits per heavy atom. The minimum absolute atomic E-state index is 0.0427. The predicted molar refractivity (Wildman–Crippen MR) is 54.9 cm³/mol. The normalized spacial score (nSPS) is 31.6. The van der Waals surface area contributed by atoms with E-state index >= 15 is 0 Å². The molecular weight excluding hydrogens is 176 g/mol. The highest BCUT2D eigenvalue weighted by Gasteiger charge is 2.40. The third kappa shape index (κ3) is 1.46. The van der Waals surface area contributed by atoms with Crippen LogP contribution in [0.2, 0.25) is 0 Å². The van der Waals surface area contributed by atoms with E-state index in [4.69, 9.17) is 0 Å². The van der Waals surface area contributed by atoms with Crippen molar-refractivity contribution in [3.63, 3.8) is 0 Å². The third-order valence-electron chi connectivity index (χ3n) is 3.56. The van der Waals surface area contributed by atoms with Crippen LogP contribution in [-0.2, 0) is 0 Å². The van der Waals surface area contributed by atoms with E-state index in [0.717, 1.165) is 19.3 Å². The molecule has 1 aromatic rings. The van der Waals surface area contributed by atoms with Crippen molar-refractivity contribution in [1.29, 1.82) is 0 Å². The van der Waals surface area contributed by atoms with Gasteiger partial charge in [-0.05, 0) is 19.3 Å². The fourth-order valence-corrected chi connectivity index (χ4v) is 2.46. The highest BCUT2D eigenvalue weighted by molar-refractivity contribution is 4.95. The van der Waals surface area contributed by atoms with Gasteiger partial charge in [-0.25, -0.2) is 4.98 Å². The van der Waals surface area contributed by atoms with Gasteiger partial charge in [-0.1, -0.05) is 13.8 Å². The van der Waals surface area contributed by atoms with Crippen molar-refractivity contribution >= 4 is 0 Å². The second kappa shape index (κ2) is 3.39. The van der Waals surface area contributed by atoms with Gasteiger partial charge in [-0.2, -0.15) is 0 Å². The number of aliphatic hydroxyl groups is 1. The summed E-state index contributed by atoms with van der Waals surface area (Å²) in [4.78, 5) is 4.07. The summed E-state index contributed by atoms with van der Waals surface area (Å²) in [5.74, 6) is 0. The summed E-state index contributed by atoms with van der Waals surface area (Å²) in [7, 11) is 0. The second-order valence-corrected chi connectivity index (χ2v) is 4.79. The average molecular weight is 194 g/mol. The lowest BCUT2D eigenvalue weighted by Gasteiger charge is -2.43. The highest BCUT2D eigenvalue weighted by Crippen LogP contribution is 2.43. The minimum atomic E-state index is -0.191. The van der Waals surface area contributed by atoms with Crippen molar-refractivity contribution in [2.24, 2.45) is 5.41 Å². The van der Waals surface area contributed by atoms with Gasteiger partial charge in [-0.15, -0.1) is 0 Å². The summed E-state index contributed by atoms with van der Waals surface area (Å²) >= 11 is 0. The van der Waals surface area contributed by atoms with Crippen molar-refractivity contribution < 1.29 is 5.11 Å². The molecular formula is C11H18N2O. The molecule has 2 rings (SSSR count). The molecule has 1 fully saturated rings. The zero-order chi connectivity index (χ0) is 10.2. The highest BCUT2D eigenvalue weighted by atomic mass is 16.3. The van der Waals surface area contributed by atoms with Crippen molar-refractivity contribution in [3.8, 4) is 0 Å². The Kier molecular flexibility index (Phi) is 2.35. The third-order valence-corrected chi connectivity index (χ3v) is 3.56. The smallest absolute Gasteiger partial charge is 0.0948 e. The summed E-state index contributed by atoms with van der Waals surface area (Å²) < 4.78 is 2.13. The Morgan fingerprint density at radius 3 is 2.86 bits per heavy atom. The maximum Gasteiger partial charge on any atom is 0.0948 e. The molecule has 78 valence electrons. The van der Waals surface area contributed by atoms with Crippen LogP contribution >= 0.6 is 0 Å². The Bertz CT molecular complexity index is 292. The number of aliphatic hydroxyl groups excluding tert-OH is 1. The van der Waals surface area contributed by atoms with Crippen molar-refractivity contribution in [3.05, 3.63) is 18.7 Å². The van der Waals surface area contributed by atoms with Crippen molar-refractivity contribution in [1.82, 2.24) is 9.55 Å². The van der Waals surface area contributed by atoms with Crippen LogP contribution in [0.15, 0.2) is 18.7 Å². The molecule has 1 aliphatic rings. The molecule has 3 nitrogen and oxygen atoms in total. The summed E-state index contributed by atoms with van der Waals surface area (Å²) in [5.41, 5.74) is -0.0427. The Labute approximate surface area is 84.8 Å². The van der Waals surface area contributed by atoms with Gasteiger partial charge >= 0.3 is 0 Å². The molecule has 1 aromatic heterocycles. The molecule has 1 heterocycles. The molecule has 1 saturated carbocycles. The van der Waals surface area contributed by atoms with Crippen LogP contribution in [0.25, 0.3) is 0 Å². The standard InChI is InChI=1S/C11H18N2O/c1-11(2)9(4-3-5-10(11)14)13-7-6-12-8-13/h6-10,14H,3-5H2,1-2H3. The SMILES string of the molecule is CC1(C)C(O)CCCC1n1ccnc1. The molecule has 0 aliphatic heterocycles. The molecule has 0 bridgehead atoms. The van der Waals surface area contributed by atoms with Crippen LogP contribution in [0, 0.1) is 5.41 Å². The largest absolute Gasteiger partial charge is 0.392 e. The number of aromatic nitrogens is 2. The first-order chi connectivity index (χ1) is 6.62. The summed E-state index contributed by atoms with van der Waals surface area (Å²) in [6.07, 6.45) is 8.63. The van der Waals surface area contributed by atoms with Gasteiger partial charge in [0.05, 0.1) is 12.4 Å². The van der Waals surface area contributed by atoms with Crippen molar-refractivity contribution in [2.75, 3.05) is 0 Å². The Morgan fingerprint density at radius 1 is 1.43 bits per heavy atom. The summed E-state index contributed by atoms with van der Waals surface area (Å²) in [6.45, 7) is 4.28. The van der Waals surface area contributed by atoms with Gasteiger partial charge in [0, 0.05) is 23.9 Å². The predicted octanol–water partition coefficient (Wildman–Crippen LogP) is 2.00. The molecule has 2 unspecified atom stereocenters. The molecule has 14 heavy (non-hydrogen) atoms. The number of nitrogens with zero attached hydrogens (tertiary/aromatic N) is 2. The maximum absolute atomic E-state index is 9.97. The molecule has 0 spiro atoms. The molecule has 0 aromatic carbocycles. The zero-order valence-corrected chi connectivity index (χ0v) is 8.85. The van der Waals surface area contributed by atoms with Crippen LogP contribution in [0.1, 0.15) is 39.2 Å². The van der Waals surface area contributed by atoms with E-state index < -0.39 is 0 Å². The van der Waals surface area contributed by atoms with E-state index in [0.29, 0.717) is 6.04 Å². The fraction of sp³-hybridized carbons (Fsp3) is 0.727. The van der Waals surface area contributed by atoms with E-state index in [1.54, 1.807) is 6.20 Å². The van der Waals surface area contributed by atoms with Crippen molar-refractivity contribution in [2.45, 2.75) is 45.3 Å². The quantitative estimate of drug-likeness (QED) is 0.742. The lowest BCUT2D eigenvalue weighted by molar-refractivity contribution is -0.0237. The number of hydrogen-bond donors (Lipinski definition) is 1. The molecule has 0 radical (unpaired) electrons. The number of imidazole rings is 1. The zero-order valence-electron chi connectivity index (χ0n) is 8.85. The van der Waals surface area contributed by atoms with E-state index in [1.165, 1.54) is 0 Å². The van der Waals surface area contributed by atoms with Gasteiger partial charge in [-0.3, -0.25) is 0 Å². The summed E-state index contributed by atoms with van der Waals surface area (Å²) in [6, 6.07) is 0.383. The van der Waals surface area contributed by atoms with E-state index in [2.05, 4.69) is 23.4 Å². The average Bonchev–Trinajstić information content (AvgIpc) is 2.62. The second-order valence-electron chi connectivity index (χ2n) is 4.79. The minimum Gasteiger partial charge on any atom is -0.392 e. The number of hydrogen-bond acceptors (Lipinski definition) is 2. The van der Waals surface area contributed by atoms with Crippen LogP contribution in [-0.4, -0.2) is 20.8 Å². The molecule has 0 amide bonds. The van der Waals surface area contributed by atoms with Gasteiger partial charge in [0.15, 0.2) is 0 Å². The molecule has 0 saturated heterocycles. The van der Waals surface area contributed by atoms with Crippen LogP contribution in [0.3, 0.4) is 0 Å². The van der Waals surface area contributed by atoms with E-state index in [-0.39, 0.29) is 11.5 Å². The van der Waals surface area contributed by atoms with E-state index in [1.807, 2.05) is 12.5 Å². The number of rotatable bonds is 1. The fourth-order valence-electron chi connectivity index (χ4n) is 2.46. The van der Waals surface area contributed by atoms with Gasteiger partial charge in [0.25, 0.3) is 0 Å². The first kappa shape index (κ1) is 9.71. The van der Waals surface area contributed by atoms with Gasteiger partial charge in [0.2, 0.25) is 0 Å². The molecule has 2 atom stereocenters. The van der Waals surface area contributed by atoms with E-state index in [9.17, 15) is 5.11 Å².